The van der Waals surface area contributed by atoms with E-state index in [1.54, 1.807) is 0 Å². The van der Waals surface area contributed by atoms with Gasteiger partial charge in [0.25, 0.3) is 0 Å². The number of halogens is 7. The van der Waals surface area contributed by atoms with Crippen molar-refractivity contribution in [3.63, 3.8) is 0 Å². The molecule has 1 unspecified atom stereocenters. The number of carbonyl (C=O) groups excluding carboxylic acids is 1. The second-order valence-electron chi connectivity index (χ2n) is 14.0. The molecule has 17 heteroatoms. The molecule has 3 aliphatic rings. The summed E-state index contributed by atoms with van der Waals surface area (Å²) in [6, 6.07) is 12.3. The van der Waals surface area contributed by atoms with Crippen LogP contribution in [-0.4, -0.2) is 55.6 Å². The number of anilines is 1. The zero-order chi connectivity index (χ0) is 40.1. The zero-order valence-corrected chi connectivity index (χ0v) is 30.9. The molecular formula is C39H33ClF6N2O7S. The molecule has 0 bridgehead atoms. The molecule has 296 valence electrons. The van der Waals surface area contributed by atoms with Crippen LogP contribution in [0, 0.1) is 34.9 Å². The van der Waals surface area contributed by atoms with Crippen LogP contribution in [0.5, 0.6) is 5.75 Å². The summed E-state index contributed by atoms with van der Waals surface area (Å²) >= 11 is 6.19. The van der Waals surface area contributed by atoms with Gasteiger partial charge in [-0.25, -0.2) is 39.6 Å². The van der Waals surface area contributed by atoms with Crippen molar-refractivity contribution < 1.29 is 58.9 Å². The lowest BCUT2D eigenvalue weighted by atomic mass is 9.99. The van der Waals surface area contributed by atoms with Crippen molar-refractivity contribution >= 4 is 39.2 Å². The van der Waals surface area contributed by atoms with Gasteiger partial charge in [0.2, 0.25) is 21.7 Å². The number of ether oxygens (including phenoxy) is 2. The zero-order valence-electron chi connectivity index (χ0n) is 29.3. The minimum Gasteiger partial charge on any atom is -0.486 e. The standard InChI is InChI=1S/C39H33ClF6N2O7S/c40-29-15-27(41)7-5-24(29)17-47(56(52,53)38-36(45)34(43)33(42)35(44)37(38)46)18-32(49)48(16-20-11-25(21-1-2-21)13-26(12-20)22-3-4-22)30-8-6-23(39(50)51)14-31(30)55-28-9-10-54-19-28/h5-8,11-15,21-22,28H,1-4,9-10,16-19H2,(H,50,51). The molecule has 9 nitrogen and oxygen atoms in total. The van der Waals surface area contributed by atoms with E-state index in [0.29, 0.717) is 30.4 Å². The van der Waals surface area contributed by atoms with Gasteiger partial charge in [-0.3, -0.25) is 4.79 Å². The average Bonchev–Trinajstić information content (AvgIpc) is 4.11. The maximum Gasteiger partial charge on any atom is 0.335 e. The van der Waals surface area contributed by atoms with Gasteiger partial charge in [0.15, 0.2) is 28.2 Å². The number of carboxylic acids is 1. The lowest BCUT2D eigenvalue weighted by molar-refractivity contribution is -0.119. The normalized spacial score (nSPS) is 17.0. The number of benzene rings is 4. The number of amides is 1. The highest BCUT2D eigenvalue weighted by atomic mass is 35.5. The molecule has 7 rings (SSSR count). The molecule has 1 amide bonds. The Morgan fingerprint density at radius 1 is 0.804 bits per heavy atom. The Bertz CT molecular complexity index is 2280. The average molecular weight is 823 g/mol. The van der Waals surface area contributed by atoms with Gasteiger partial charge in [-0.05, 0) is 90.1 Å². The van der Waals surface area contributed by atoms with Gasteiger partial charge in [0.1, 0.15) is 17.7 Å². The molecule has 4 aromatic rings. The van der Waals surface area contributed by atoms with E-state index in [9.17, 15) is 40.7 Å². The van der Waals surface area contributed by atoms with Gasteiger partial charge in [-0.2, -0.15) is 4.31 Å². The van der Waals surface area contributed by atoms with Crippen LogP contribution in [0.4, 0.5) is 32.0 Å². The van der Waals surface area contributed by atoms with Crippen LogP contribution >= 0.6 is 11.6 Å². The number of aromatic carboxylic acids is 1. The topological polar surface area (TPSA) is 113 Å². The van der Waals surface area contributed by atoms with E-state index in [-0.39, 0.29) is 45.0 Å². The minimum absolute atomic E-state index is 0.00917. The third-order valence-corrected chi connectivity index (χ3v) is 12.1. The SMILES string of the molecule is O=C(O)c1ccc(N(Cc2cc(C3CC3)cc(C3CC3)c2)C(=O)CN(Cc2ccc(F)cc2Cl)S(=O)(=O)c2c(F)c(F)c(F)c(F)c2F)c(OC2CCOC2)c1. The molecule has 2 saturated carbocycles. The molecule has 1 aliphatic heterocycles. The van der Waals surface area contributed by atoms with E-state index in [1.165, 1.54) is 18.2 Å². The number of sulfonamides is 1. The second-order valence-corrected chi connectivity index (χ2v) is 16.3. The summed E-state index contributed by atoms with van der Waals surface area (Å²) < 4.78 is 127. The number of carboxylic acid groups (broad SMARTS) is 1. The smallest absolute Gasteiger partial charge is 0.335 e. The van der Waals surface area contributed by atoms with Crippen LogP contribution in [0.15, 0.2) is 59.5 Å². The maximum atomic E-state index is 15.2. The predicted molar refractivity (Wildman–Crippen MR) is 190 cm³/mol. The first-order valence-electron chi connectivity index (χ1n) is 17.6. The predicted octanol–water partition coefficient (Wildman–Crippen LogP) is 8.22. The fourth-order valence-corrected chi connectivity index (χ4v) is 8.33. The van der Waals surface area contributed by atoms with Gasteiger partial charge in [-0.1, -0.05) is 35.9 Å². The van der Waals surface area contributed by atoms with Crippen molar-refractivity contribution in [2.45, 2.75) is 68.0 Å². The number of carbonyl (C=O) groups is 2. The minimum atomic E-state index is -5.79. The number of rotatable bonds is 14. The highest BCUT2D eigenvalue weighted by molar-refractivity contribution is 7.89. The number of nitrogens with zero attached hydrogens (tertiary/aromatic N) is 2. The van der Waals surface area contributed by atoms with E-state index in [1.807, 2.05) is 12.1 Å². The van der Waals surface area contributed by atoms with Gasteiger partial charge >= 0.3 is 5.97 Å². The Morgan fingerprint density at radius 3 is 1.98 bits per heavy atom. The van der Waals surface area contributed by atoms with Crippen LogP contribution in [0.2, 0.25) is 5.02 Å². The van der Waals surface area contributed by atoms with Gasteiger partial charge in [0, 0.05) is 18.0 Å². The highest BCUT2D eigenvalue weighted by Gasteiger charge is 2.40. The van der Waals surface area contributed by atoms with Gasteiger partial charge in [-0.15, -0.1) is 0 Å². The van der Waals surface area contributed by atoms with E-state index in [4.69, 9.17) is 21.1 Å². The van der Waals surface area contributed by atoms with E-state index in [2.05, 4.69) is 6.07 Å². The van der Waals surface area contributed by atoms with Crippen LogP contribution in [0.3, 0.4) is 0 Å². The highest BCUT2D eigenvalue weighted by Crippen LogP contribution is 2.46. The van der Waals surface area contributed by atoms with E-state index >= 15 is 8.78 Å². The third-order valence-electron chi connectivity index (χ3n) is 9.90. The molecular weight excluding hydrogens is 790 g/mol. The lowest BCUT2D eigenvalue weighted by Crippen LogP contribution is -2.43. The Morgan fingerprint density at radius 2 is 1.43 bits per heavy atom. The molecule has 2 aliphatic carbocycles. The van der Waals surface area contributed by atoms with Gasteiger partial charge < -0.3 is 19.5 Å². The molecule has 1 N–H and O–H groups in total. The molecule has 1 atom stereocenters. The largest absolute Gasteiger partial charge is 0.486 e. The molecule has 1 saturated heterocycles. The maximum absolute atomic E-state index is 15.2. The lowest BCUT2D eigenvalue weighted by Gasteiger charge is -2.30. The van der Waals surface area contributed by atoms with Crippen molar-refractivity contribution in [1.82, 2.24) is 4.31 Å². The molecule has 0 spiro atoms. The fraction of sp³-hybridized carbons (Fsp3) is 0.333. The summed E-state index contributed by atoms with van der Waals surface area (Å²) in [6.07, 6.45) is 3.72. The van der Waals surface area contributed by atoms with Crippen LogP contribution in [-0.2, 0) is 32.6 Å². The number of hydrogen-bond donors (Lipinski definition) is 1. The summed E-state index contributed by atoms with van der Waals surface area (Å²) in [5.41, 5.74) is 2.31. The molecule has 0 aromatic heterocycles. The van der Waals surface area contributed by atoms with Crippen molar-refractivity contribution in [3.05, 3.63) is 122 Å². The van der Waals surface area contributed by atoms with Crippen molar-refractivity contribution in [2.24, 2.45) is 0 Å². The van der Waals surface area contributed by atoms with Crippen molar-refractivity contribution in [2.75, 3.05) is 24.7 Å². The Kier molecular flexibility index (Phi) is 11.1. The summed E-state index contributed by atoms with van der Waals surface area (Å²) in [5, 5.41) is 9.45. The summed E-state index contributed by atoms with van der Waals surface area (Å²) in [7, 11) is -5.79. The second kappa shape index (κ2) is 15.7. The molecule has 0 radical (unpaired) electrons. The summed E-state index contributed by atoms with van der Waals surface area (Å²) in [5.74, 6) is -15.7. The first-order valence-corrected chi connectivity index (χ1v) is 19.5. The van der Waals surface area contributed by atoms with Crippen LogP contribution in [0.1, 0.15) is 76.6 Å². The Balaban J connectivity index is 1.35. The monoisotopic (exact) mass is 822 g/mol. The Labute approximate surface area is 322 Å². The molecule has 56 heavy (non-hydrogen) atoms. The quantitative estimate of drug-likeness (QED) is 0.0775. The van der Waals surface area contributed by atoms with Crippen molar-refractivity contribution in [3.8, 4) is 5.75 Å². The third kappa shape index (κ3) is 8.24. The molecule has 3 fully saturated rings. The fourth-order valence-electron chi connectivity index (χ4n) is 6.62. The summed E-state index contributed by atoms with van der Waals surface area (Å²) in [4.78, 5) is 25.7. The van der Waals surface area contributed by atoms with Crippen LogP contribution in [0.25, 0.3) is 0 Å². The first kappa shape index (κ1) is 39.6. The molecule has 4 aromatic carbocycles. The van der Waals surface area contributed by atoms with E-state index in [0.717, 1.165) is 59.9 Å². The van der Waals surface area contributed by atoms with E-state index < -0.39 is 80.9 Å². The Hall–Kier alpha value is -4.64. The first-order chi connectivity index (χ1) is 26.6. The van der Waals surface area contributed by atoms with Gasteiger partial charge in [0.05, 0.1) is 37.6 Å². The summed E-state index contributed by atoms with van der Waals surface area (Å²) in [6.45, 7) is -2.01. The van der Waals surface area contributed by atoms with Crippen molar-refractivity contribution in [1.29, 1.82) is 0 Å². The van der Waals surface area contributed by atoms with Crippen LogP contribution < -0.4 is 9.64 Å². The molecule has 1 heterocycles. The number of hydrogen-bond acceptors (Lipinski definition) is 6.